The van der Waals surface area contributed by atoms with Crippen LogP contribution in [-0.2, 0) is 6.54 Å². The predicted molar refractivity (Wildman–Crippen MR) is 93.8 cm³/mol. The molecule has 0 atom stereocenters. The van der Waals surface area contributed by atoms with E-state index in [0.717, 1.165) is 5.56 Å². The van der Waals surface area contributed by atoms with Gasteiger partial charge in [-0.2, -0.15) is 5.26 Å². The van der Waals surface area contributed by atoms with Gasteiger partial charge in [0, 0.05) is 11.0 Å². The summed E-state index contributed by atoms with van der Waals surface area (Å²) in [7, 11) is 0. The molecule has 0 bridgehead atoms. The third kappa shape index (κ3) is 4.89. The van der Waals surface area contributed by atoms with Gasteiger partial charge in [-0.05, 0) is 39.7 Å². The highest BCUT2D eigenvalue weighted by Gasteiger charge is 2.13. The fourth-order valence-corrected chi connectivity index (χ4v) is 2.17. The molecule has 2 aromatic rings. The Bertz CT molecular complexity index is 820. The summed E-state index contributed by atoms with van der Waals surface area (Å²) in [4.78, 5) is 36.8. The number of nitrogens with zero attached hydrogens (tertiary/aromatic N) is 1. The van der Waals surface area contributed by atoms with Crippen LogP contribution >= 0.6 is 15.9 Å². The number of nitriles is 1. The number of carbonyl (C=O) groups is 2. The van der Waals surface area contributed by atoms with Crippen molar-refractivity contribution in [3.63, 3.8) is 0 Å². The first-order chi connectivity index (χ1) is 11.5. The summed E-state index contributed by atoms with van der Waals surface area (Å²) in [5.41, 5.74) is 0.676. The number of amides is 1. The topological polar surface area (TPSA) is 103 Å². The molecule has 124 valence electrons. The minimum absolute atomic E-state index is 0.0774. The van der Waals surface area contributed by atoms with Crippen molar-refractivity contribution >= 4 is 28.1 Å². The smallest absolute Gasteiger partial charge is 0.261 e. The number of aromatic amines is 1. The van der Waals surface area contributed by atoms with Gasteiger partial charge in [-0.15, -0.1) is 0 Å². The largest absolute Gasteiger partial charge is 0.348 e. The van der Waals surface area contributed by atoms with Crippen molar-refractivity contribution in [2.45, 2.75) is 20.4 Å². The van der Waals surface area contributed by atoms with Gasteiger partial charge in [-0.25, -0.2) is 0 Å². The van der Waals surface area contributed by atoms with Crippen molar-refractivity contribution in [2.75, 3.05) is 0 Å². The maximum Gasteiger partial charge on any atom is 0.261 e. The van der Waals surface area contributed by atoms with Gasteiger partial charge in [0.2, 0.25) is 0 Å². The molecule has 2 N–H and O–H groups in total. The molecule has 0 unspecified atom stereocenters. The first-order valence-electron chi connectivity index (χ1n) is 7.20. The van der Waals surface area contributed by atoms with Crippen LogP contribution in [0, 0.1) is 11.3 Å². The maximum atomic E-state index is 12.0. The van der Waals surface area contributed by atoms with Gasteiger partial charge in [-0.3, -0.25) is 14.4 Å². The van der Waals surface area contributed by atoms with Gasteiger partial charge in [-0.1, -0.05) is 26.0 Å². The molecule has 0 aliphatic rings. The first-order valence-corrected chi connectivity index (χ1v) is 7.99. The summed E-state index contributed by atoms with van der Waals surface area (Å²) in [6.07, 6.45) is 0.490. The molecule has 0 spiro atoms. The molecule has 6 nitrogen and oxygen atoms in total. The second-order valence-electron chi connectivity index (χ2n) is 4.38. The number of hydrogen-bond donors (Lipinski definition) is 2. The number of benzene rings is 1. The molecule has 0 radical (unpaired) electrons. The van der Waals surface area contributed by atoms with E-state index >= 15 is 0 Å². The fraction of sp³-hybridized carbons (Fsp3) is 0.176. The highest BCUT2D eigenvalue weighted by atomic mass is 79.9. The molecular formula is C17H16BrN3O3. The molecule has 0 fully saturated rings. The van der Waals surface area contributed by atoms with Gasteiger partial charge in [0.1, 0.15) is 5.56 Å². The van der Waals surface area contributed by atoms with Crippen molar-refractivity contribution in [2.24, 2.45) is 0 Å². The Kier molecular flexibility index (Phi) is 7.59. The lowest BCUT2D eigenvalue weighted by molar-refractivity contribution is 0.0948. The van der Waals surface area contributed by atoms with E-state index in [1.54, 1.807) is 24.3 Å². The summed E-state index contributed by atoms with van der Waals surface area (Å²) in [6, 6.07) is 10.0. The average molecular weight is 390 g/mol. The Hall–Kier alpha value is -2.72. The summed E-state index contributed by atoms with van der Waals surface area (Å²) in [6.45, 7) is 4.22. The molecule has 0 aliphatic heterocycles. The minimum atomic E-state index is -0.636. The van der Waals surface area contributed by atoms with Crippen LogP contribution in [0.4, 0.5) is 0 Å². The van der Waals surface area contributed by atoms with Crippen molar-refractivity contribution in [1.29, 1.82) is 5.26 Å². The van der Waals surface area contributed by atoms with E-state index in [-0.39, 0.29) is 17.8 Å². The van der Waals surface area contributed by atoms with Crippen LogP contribution in [0.1, 0.15) is 45.8 Å². The molecular weight excluding hydrogens is 374 g/mol. The Balaban J connectivity index is 0.00000139. The second kappa shape index (κ2) is 9.43. The quantitative estimate of drug-likeness (QED) is 0.784. The fourth-order valence-electron chi connectivity index (χ4n) is 1.75. The highest BCUT2D eigenvalue weighted by molar-refractivity contribution is 9.10. The molecule has 1 aromatic heterocycles. The lowest BCUT2D eigenvalue weighted by Crippen LogP contribution is -2.29. The summed E-state index contributed by atoms with van der Waals surface area (Å²) in [5, 5.41) is 11.3. The molecule has 0 saturated heterocycles. The number of rotatable bonds is 4. The Morgan fingerprint density at radius 2 is 1.96 bits per heavy atom. The summed E-state index contributed by atoms with van der Waals surface area (Å²) < 4.78 is 0.339. The molecule has 0 saturated carbocycles. The summed E-state index contributed by atoms with van der Waals surface area (Å²) >= 11 is 3.11. The molecule has 1 heterocycles. The van der Waals surface area contributed by atoms with E-state index in [9.17, 15) is 14.4 Å². The van der Waals surface area contributed by atoms with Crippen LogP contribution in [0.2, 0.25) is 0 Å². The zero-order valence-corrected chi connectivity index (χ0v) is 14.8. The first kappa shape index (κ1) is 19.3. The Morgan fingerprint density at radius 3 is 2.50 bits per heavy atom. The molecule has 0 aliphatic carbocycles. The number of halogens is 1. The monoisotopic (exact) mass is 389 g/mol. The molecule has 7 heteroatoms. The van der Waals surface area contributed by atoms with E-state index < -0.39 is 11.5 Å². The van der Waals surface area contributed by atoms with Gasteiger partial charge in [0.05, 0.1) is 17.3 Å². The van der Waals surface area contributed by atoms with E-state index in [1.165, 1.54) is 6.07 Å². The van der Waals surface area contributed by atoms with Crippen LogP contribution < -0.4 is 10.9 Å². The number of pyridine rings is 1. The van der Waals surface area contributed by atoms with Crippen LogP contribution in [-0.4, -0.2) is 17.2 Å². The number of aldehydes is 1. The predicted octanol–water partition coefficient (Wildman–Crippen LogP) is 2.78. The van der Waals surface area contributed by atoms with Crippen molar-refractivity contribution in [1.82, 2.24) is 10.3 Å². The minimum Gasteiger partial charge on any atom is -0.348 e. The zero-order valence-electron chi connectivity index (χ0n) is 13.2. The van der Waals surface area contributed by atoms with Crippen LogP contribution in [0.15, 0.2) is 39.6 Å². The number of nitrogens with one attached hydrogen (secondary N) is 2. The lowest BCUT2D eigenvalue weighted by atomic mass is 10.1. The van der Waals surface area contributed by atoms with Gasteiger partial charge >= 0.3 is 0 Å². The third-order valence-corrected chi connectivity index (χ3v) is 3.58. The van der Waals surface area contributed by atoms with E-state index in [2.05, 4.69) is 26.2 Å². The number of H-pyrrole nitrogens is 1. The lowest BCUT2D eigenvalue weighted by Gasteiger charge is -2.06. The Morgan fingerprint density at radius 1 is 1.33 bits per heavy atom. The molecule has 24 heavy (non-hydrogen) atoms. The van der Waals surface area contributed by atoms with Crippen molar-refractivity contribution < 1.29 is 9.59 Å². The average Bonchev–Trinajstić information content (AvgIpc) is 2.63. The van der Waals surface area contributed by atoms with Crippen molar-refractivity contribution in [3.05, 3.63) is 67.5 Å². The standard InChI is InChI=1S/C15H10BrN3O3.C2H6/c16-12-5-11(15(22)19-13(12)8-20)14(21)18-7-10-3-1-9(6-17)2-4-10;1-2/h1-5,8H,7H2,(H,18,21)(H,19,22);1-2H3. The maximum absolute atomic E-state index is 12.0. The van der Waals surface area contributed by atoms with Crippen molar-refractivity contribution in [3.8, 4) is 6.07 Å². The molecule has 1 amide bonds. The number of carbonyl (C=O) groups excluding carboxylic acids is 2. The SMILES string of the molecule is CC.N#Cc1ccc(CNC(=O)c2cc(Br)c(C=O)[nH]c2=O)cc1. The molecule has 2 rings (SSSR count). The Labute approximate surface area is 147 Å². The van der Waals surface area contributed by atoms with Crippen LogP contribution in [0.3, 0.4) is 0 Å². The zero-order chi connectivity index (χ0) is 18.1. The number of hydrogen-bond acceptors (Lipinski definition) is 4. The molecule has 1 aromatic carbocycles. The third-order valence-electron chi connectivity index (χ3n) is 2.92. The normalized spacial score (nSPS) is 9.25. The van der Waals surface area contributed by atoms with Gasteiger partial charge in [0.25, 0.3) is 11.5 Å². The van der Waals surface area contributed by atoms with Crippen LogP contribution in [0.25, 0.3) is 0 Å². The van der Waals surface area contributed by atoms with Crippen LogP contribution in [0.5, 0.6) is 0 Å². The second-order valence-corrected chi connectivity index (χ2v) is 5.24. The van der Waals surface area contributed by atoms with E-state index in [1.807, 2.05) is 19.9 Å². The highest BCUT2D eigenvalue weighted by Crippen LogP contribution is 2.12. The van der Waals surface area contributed by atoms with Gasteiger partial charge in [0.15, 0.2) is 6.29 Å². The van der Waals surface area contributed by atoms with Gasteiger partial charge < -0.3 is 10.3 Å². The van der Waals surface area contributed by atoms with E-state index in [0.29, 0.717) is 16.3 Å². The number of aromatic nitrogens is 1. The van der Waals surface area contributed by atoms with E-state index in [4.69, 9.17) is 5.26 Å². The summed E-state index contributed by atoms with van der Waals surface area (Å²) in [5.74, 6) is -0.552.